The number of nitrogens with one attached hydrogen (secondary N) is 2. The first-order chi connectivity index (χ1) is 21.7. The summed E-state index contributed by atoms with van der Waals surface area (Å²) < 4.78 is 47.9. The quantitative estimate of drug-likeness (QED) is 0.192. The van der Waals surface area contributed by atoms with Crippen LogP contribution < -0.4 is 21.1 Å². The summed E-state index contributed by atoms with van der Waals surface area (Å²) in [5.74, 6) is 0.562. The van der Waals surface area contributed by atoms with Crippen molar-refractivity contribution in [2.75, 3.05) is 13.7 Å². The lowest BCUT2D eigenvalue weighted by atomic mass is 9.86. The number of nitrogens with two attached hydrogens (primary N) is 1. The molecular weight excluding hydrogens is 579 g/mol. The van der Waals surface area contributed by atoms with Crippen LogP contribution in [0.25, 0.3) is 16.5 Å². The lowest BCUT2D eigenvalue weighted by Gasteiger charge is -2.28. The van der Waals surface area contributed by atoms with Crippen molar-refractivity contribution in [1.29, 1.82) is 0 Å². The number of methoxy groups -OCH3 is 1. The van der Waals surface area contributed by atoms with Crippen molar-refractivity contribution in [1.82, 2.24) is 20.4 Å². The summed E-state index contributed by atoms with van der Waals surface area (Å²) in [5, 5.41) is 12.2. The van der Waals surface area contributed by atoms with E-state index in [1.165, 1.54) is 12.8 Å². The number of allylic oxidation sites excluding steroid dienone is 2. The Kier molecular flexibility index (Phi) is 8.40. The van der Waals surface area contributed by atoms with Crippen LogP contribution in [-0.4, -0.2) is 29.3 Å². The van der Waals surface area contributed by atoms with Gasteiger partial charge in [0.2, 0.25) is 0 Å². The third kappa shape index (κ3) is 6.46. The molecule has 1 fully saturated rings. The number of fused-ring (bicyclic) bond motifs is 1. The van der Waals surface area contributed by atoms with E-state index in [2.05, 4.69) is 33.9 Å². The van der Waals surface area contributed by atoms with Gasteiger partial charge in [0.1, 0.15) is 11.4 Å². The van der Waals surface area contributed by atoms with Gasteiger partial charge in [-0.15, -0.1) is 0 Å². The molecule has 2 atom stereocenters. The number of aromatic nitrogens is 2. The molecule has 6 rings (SSSR count). The summed E-state index contributed by atoms with van der Waals surface area (Å²) in [4.78, 5) is 13.7. The molecule has 0 bridgehead atoms. The van der Waals surface area contributed by atoms with Gasteiger partial charge >= 0.3 is 6.18 Å². The average molecular weight is 614 g/mol. The van der Waals surface area contributed by atoms with Gasteiger partial charge in [-0.25, -0.2) is 4.68 Å². The predicted molar refractivity (Wildman–Crippen MR) is 166 cm³/mol. The van der Waals surface area contributed by atoms with E-state index in [0.29, 0.717) is 35.0 Å². The fraction of sp³-hybridized carbons (Fsp3) is 0.314. The number of rotatable bonds is 10. The van der Waals surface area contributed by atoms with E-state index in [9.17, 15) is 18.0 Å². The van der Waals surface area contributed by atoms with Crippen molar-refractivity contribution in [2.24, 2.45) is 17.6 Å². The number of hydrogen-bond acceptors (Lipinski definition) is 5. The third-order valence-electron chi connectivity index (χ3n) is 8.38. The fourth-order valence-electron chi connectivity index (χ4n) is 5.67. The van der Waals surface area contributed by atoms with Crippen LogP contribution in [0.2, 0.25) is 0 Å². The molecule has 10 heteroatoms. The maximum absolute atomic E-state index is 13.8. The molecule has 0 radical (unpaired) electrons. The average Bonchev–Trinajstić information content (AvgIpc) is 3.75. The van der Waals surface area contributed by atoms with Crippen LogP contribution in [0.3, 0.4) is 0 Å². The summed E-state index contributed by atoms with van der Waals surface area (Å²) in [5.41, 5.74) is 8.01. The van der Waals surface area contributed by atoms with Crippen molar-refractivity contribution in [3.05, 3.63) is 113 Å². The number of benzene rings is 2. The molecule has 232 valence electrons. The number of halogens is 3. The number of carbonyl (C=O) groups excluding carboxylic acids is 1. The topological polar surface area (TPSA) is 94.2 Å². The van der Waals surface area contributed by atoms with E-state index in [1.807, 2.05) is 37.3 Å². The molecule has 0 aliphatic heterocycles. The summed E-state index contributed by atoms with van der Waals surface area (Å²) in [6, 6.07) is 21.2. The number of alkyl halides is 3. The molecule has 45 heavy (non-hydrogen) atoms. The van der Waals surface area contributed by atoms with Crippen LogP contribution in [-0.2, 0) is 12.7 Å². The first-order valence-corrected chi connectivity index (χ1v) is 15.0. The second-order valence-corrected chi connectivity index (χ2v) is 11.6. The number of nitrogens with zero attached hydrogens (tertiary/aromatic N) is 2. The van der Waals surface area contributed by atoms with Crippen molar-refractivity contribution < 1.29 is 22.7 Å². The molecule has 2 aliphatic carbocycles. The van der Waals surface area contributed by atoms with Crippen LogP contribution in [0.1, 0.15) is 59.5 Å². The molecule has 1 aromatic heterocycles. The minimum atomic E-state index is -4.73. The van der Waals surface area contributed by atoms with E-state index in [0.717, 1.165) is 39.2 Å². The van der Waals surface area contributed by atoms with Gasteiger partial charge in [0.15, 0.2) is 5.69 Å². The Labute approximate surface area is 259 Å². The van der Waals surface area contributed by atoms with Crippen molar-refractivity contribution >= 4 is 16.7 Å². The van der Waals surface area contributed by atoms with Gasteiger partial charge in [-0.3, -0.25) is 4.79 Å². The molecule has 0 saturated heterocycles. The maximum atomic E-state index is 13.8. The maximum Gasteiger partial charge on any atom is 0.435 e. The number of ether oxygens (including phenoxy) is 1. The van der Waals surface area contributed by atoms with Gasteiger partial charge in [0.05, 0.1) is 24.2 Å². The highest BCUT2D eigenvalue weighted by atomic mass is 19.4. The zero-order chi connectivity index (χ0) is 31.7. The summed E-state index contributed by atoms with van der Waals surface area (Å²) in [7, 11) is 1.62. The van der Waals surface area contributed by atoms with Gasteiger partial charge in [0.25, 0.3) is 5.91 Å². The standard InChI is InChI=1S/C35H34F3N5O2/c1-21-10-13-24(33(40-20-22-11-12-22)28-14-15-31(45-2)27-9-4-3-8-26(27)28)17-29(21)41-34(44)30-18-32(35(36,37)38)42-43(30)25-7-5-6-23(16-25)19-39/h3,5-8,13-18,21-22,33,40H,10-12,19-20,39H2,1-2H3,(H,41,44). The van der Waals surface area contributed by atoms with Gasteiger partial charge in [0, 0.05) is 18.3 Å². The molecule has 4 N–H and O–H groups in total. The molecule has 3 aromatic carbocycles. The first kappa shape index (κ1) is 30.4. The van der Waals surface area contributed by atoms with Crippen LogP contribution in [0, 0.1) is 24.0 Å². The Morgan fingerprint density at radius 1 is 1.20 bits per heavy atom. The highest BCUT2D eigenvalue weighted by Gasteiger charge is 2.36. The first-order valence-electron chi connectivity index (χ1n) is 15.0. The normalized spacial score (nSPS) is 17.3. The monoisotopic (exact) mass is 613 g/mol. The van der Waals surface area contributed by atoms with Crippen LogP contribution in [0.15, 0.2) is 78.0 Å². The lowest BCUT2D eigenvalue weighted by Crippen LogP contribution is -2.31. The van der Waals surface area contributed by atoms with Crippen molar-refractivity contribution in [2.45, 2.75) is 44.9 Å². The Hall–Kier alpha value is -4.59. The Morgan fingerprint density at radius 3 is 2.76 bits per heavy atom. The van der Waals surface area contributed by atoms with Crippen LogP contribution >= 0.6 is 0 Å². The van der Waals surface area contributed by atoms with Gasteiger partial charge in [-0.2, -0.15) is 18.3 Å². The lowest BCUT2D eigenvalue weighted by molar-refractivity contribution is -0.141. The predicted octanol–water partition coefficient (Wildman–Crippen LogP) is 6.43. The van der Waals surface area contributed by atoms with Crippen LogP contribution in [0.5, 0.6) is 5.75 Å². The second-order valence-electron chi connectivity index (χ2n) is 11.6. The molecule has 7 nitrogen and oxygen atoms in total. The molecule has 1 heterocycles. The van der Waals surface area contributed by atoms with E-state index in [4.69, 9.17) is 10.5 Å². The van der Waals surface area contributed by atoms with E-state index in [1.54, 1.807) is 31.4 Å². The molecule has 0 spiro atoms. The van der Waals surface area contributed by atoms with E-state index in [-0.39, 0.29) is 24.2 Å². The van der Waals surface area contributed by atoms with E-state index >= 15 is 0 Å². The number of amides is 1. The largest absolute Gasteiger partial charge is 0.495 e. The Morgan fingerprint density at radius 2 is 2.02 bits per heavy atom. The molecule has 2 unspecified atom stereocenters. The third-order valence-corrected chi connectivity index (χ3v) is 8.38. The molecule has 1 saturated carbocycles. The van der Waals surface area contributed by atoms with Gasteiger partial charge in [-0.05, 0) is 96.1 Å². The highest BCUT2D eigenvalue weighted by Crippen LogP contribution is 2.38. The van der Waals surface area contributed by atoms with Crippen LogP contribution in [0.4, 0.5) is 13.2 Å². The SMILES string of the molecule is COc1ccc(C(NCC2CC2)C2=CCC(C)C(NC(=O)c3cc(C(F)(F)F)nn3-c3cccc(CN)c3)=C2)c2ccc#cc12. The Bertz CT molecular complexity index is 1790. The minimum absolute atomic E-state index is 0.0728. The summed E-state index contributed by atoms with van der Waals surface area (Å²) >= 11 is 0. The summed E-state index contributed by atoms with van der Waals surface area (Å²) in [6.45, 7) is 3.01. The molecule has 1 amide bonds. The minimum Gasteiger partial charge on any atom is -0.495 e. The second kappa shape index (κ2) is 12.4. The zero-order valence-corrected chi connectivity index (χ0v) is 25.0. The molecule has 2 aliphatic rings. The fourth-order valence-corrected chi connectivity index (χ4v) is 5.67. The molecule has 4 aromatic rings. The zero-order valence-electron chi connectivity index (χ0n) is 25.0. The van der Waals surface area contributed by atoms with Crippen molar-refractivity contribution in [3.63, 3.8) is 0 Å². The molecular formula is C35H34F3N5O2. The van der Waals surface area contributed by atoms with Crippen molar-refractivity contribution in [3.8, 4) is 11.4 Å². The van der Waals surface area contributed by atoms with E-state index < -0.39 is 17.8 Å². The number of hydrogen-bond donors (Lipinski definition) is 3. The highest BCUT2D eigenvalue weighted by molar-refractivity contribution is 5.95. The van der Waals surface area contributed by atoms with Gasteiger partial charge < -0.3 is 21.1 Å². The number of carbonyl (C=O) groups is 1. The smallest absolute Gasteiger partial charge is 0.435 e. The Balaban J connectivity index is 1.35. The summed E-state index contributed by atoms with van der Waals surface area (Å²) in [6.07, 6.45) is 2.37. The van der Waals surface area contributed by atoms with Gasteiger partial charge in [-0.1, -0.05) is 43.3 Å².